The van der Waals surface area contributed by atoms with Gasteiger partial charge in [-0.15, -0.1) is 0 Å². The van der Waals surface area contributed by atoms with Gasteiger partial charge in [0.15, 0.2) is 0 Å². The van der Waals surface area contributed by atoms with Crippen LogP contribution >= 0.6 is 15.9 Å². The summed E-state index contributed by atoms with van der Waals surface area (Å²) in [6, 6.07) is 9.19. The van der Waals surface area contributed by atoms with Crippen LogP contribution in [0.5, 0.6) is 0 Å². The van der Waals surface area contributed by atoms with Gasteiger partial charge in [-0.05, 0) is 47.5 Å². The Balaban J connectivity index is 2.02. The van der Waals surface area contributed by atoms with Crippen molar-refractivity contribution in [3.05, 3.63) is 52.3 Å². The van der Waals surface area contributed by atoms with Gasteiger partial charge in [0.1, 0.15) is 5.54 Å². The summed E-state index contributed by atoms with van der Waals surface area (Å²) in [6.07, 6.45) is 3.41. The van der Waals surface area contributed by atoms with Crippen LogP contribution in [0.4, 0.5) is 0 Å². The third kappa shape index (κ3) is 3.50. The van der Waals surface area contributed by atoms with Crippen molar-refractivity contribution in [2.24, 2.45) is 0 Å². The normalized spacial score (nSPS) is 11.0. The first-order valence-corrected chi connectivity index (χ1v) is 7.21. The molecule has 0 unspecified atom stereocenters. The second-order valence-corrected chi connectivity index (χ2v) is 6.07. The Labute approximate surface area is 131 Å². The van der Waals surface area contributed by atoms with Crippen molar-refractivity contribution in [1.82, 2.24) is 15.1 Å². The predicted octanol–water partition coefficient (Wildman–Crippen LogP) is 2.57. The molecule has 0 radical (unpaired) electrons. The maximum Gasteiger partial charge on any atom is 0.247 e. The van der Waals surface area contributed by atoms with Crippen molar-refractivity contribution in [2.75, 3.05) is 0 Å². The van der Waals surface area contributed by atoms with Gasteiger partial charge in [-0.1, -0.05) is 12.1 Å². The van der Waals surface area contributed by atoms with Crippen LogP contribution in [-0.2, 0) is 16.9 Å². The molecule has 2 aromatic rings. The lowest BCUT2D eigenvalue weighted by Gasteiger charge is -2.24. The lowest BCUT2D eigenvalue weighted by molar-refractivity contribution is -0.129. The molecule has 1 amide bonds. The summed E-state index contributed by atoms with van der Waals surface area (Å²) in [5.41, 5.74) is 0.769. The minimum Gasteiger partial charge on any atom is -0.350 e. The molecule has 108 valence electrons. The van der Waals surface area contributed by atoms with E-state index >= 15 is 0 Å². The predicted molar refractivity (Wildman–Crippen MR) is 82.3 cm³/mol. The highest BCUT2D eigenvalue weighted by atomic mass is 79.9. The minimum atomic E-state index is -0.779. The first kappa shape index (κ1) is 15.3. The molecule has 2 rings (SSSR count). The number of nitrogens with one attached hydrogen (secondary N) is 1. The summed E-state index contributed by atoms with van der Waals surface area (Å²) in [5.74, 6) is -0.123. The Hall–Kier alpha value is -2.13. The number of amides is 1. The molecule has 0 saturated heterocycles. The number of aromatic nitrogens is 2. The van der Waals surface area contributed by atoms with Crippen LogP contribution in [0, 0.1) is 11.3 Å². The van der Waals surface area contributed by atoms with E-state index in [1.165, 1.54) is 0 Å². The molecule has 6 heteroatoms. The zero-order valence-electron chi connectivity index (χ0n) is 11.8. The summed E-state index contributed by atoms with van der Waals surface area (Å²) in [4.78, 5) is 12.3. The molecular formula is C15H15BrN4O. The maximum absolute atomic E-state index is 12.3. The molecule has 1 aromatic heterocycles. The Morgan fingerprint density at radius 3 is 2.62 bits per heavy atom. The summed E-state index contributed by atoms with van der Waals surface area (Å²) in [6.45, 7) is 4.03. The van der Waals surface area contributed by atoms with E-state index in [2.05, 4.69) is 32.4 Å². The number of hydrogen-bond acceptors (Lipinski definition) is 3. The number of nitrogens with zero attached hydrogens (tertiary/aromatic N) is 3. The van der Waals surface area contributed by atoms with Crippen LogP contribution < -0.4 is 5.32 Å². The number of nitriles is 1. The highest BCUT2D eigenvalue weighted by molar-refractivity contribution is 9.10. The summed E-state index contributed by atoms with van der Waals surface area (Å²) < 4.78 is 2.45. The fourth-order valence-corrected chi connectivity index (χ4v) is 2.09. The van der Waals surface area contributed by atoms with Crippen LogP contribution in [0.2, 0.25) is 0 Å². The van der Waals surface area contributed by atoms with Gasteiger partial charge in [0.25, 0.3) is 0 Å². The third-order valence-corrected chi connectivity index (χ3v) is 3.63. The molecule has 1 aromatic carbocycles. The standard InChI is InChI=1S/C15H15BrN4O/c1-15(2,20-10-13(16)9-19-20)14(21)18-8-12-5-3-11(7-17)4-6-12/h3-6,9-10H,8H2,1-2H3,(H,18,21). The van der Waals surface area contributed by atoms with Crippen molar-refractivity contribution in [3.63, 3.8) is 0 Å². The monoisotopic (exact) mass is 346 g/mol. The number of carbonyl (C=O) groups is 1. The number of benzene rings is 1. The second kappa shape index (κ2) is 6.10. The smallest absolute Gasteiger partial charge is 0.247 e. The second-order valence-electron chi connectivity index (χ2n) is 5.15. The highest BCUT2D eigenvalue weighted by Gasteiger charge is 2.30. The van der Waals surface area contributed by atoms with Gasteiger partial charge < -0.3 is 5.32 Å². The molecular weight excluding hydrogens is 332 g/mol. The SMILES string of the molecule is CC(C)(C(=O)NCc1ccc(C#N)cc1)n1cc(Br)cn1. The number of halogens is 1. The van der Waals surface area contributed by atoms with Crippen LogP contribution in [0.25, 0.3) is 0 Å². The number of rotatable bonds is 4. The van der Waals surface area contributed by atoms with Crippen molar-refractivity contribution < 1.29 is 4.79 Å². The highest BCUT2D eigenvalue weighted by Crippen LogP contribution is 2.18. The average molecular weight is 347 g/mol. The van der Waals surface area contributed by atoms with Crippen LogP contribution in [0.15, 0.2) is 41.1 Å². The van der Waals surface area contributed by atoms with E-state index in [4.69, 9.17) is 5.26 Å². The Morgan fingerprint density at radius 2 is 2.10 bits per heavy atom. The maximum atomic E-state index is 12.3. The van der Waals surface area contributed by atoms with Gasteiger partial charge in [0.05, 0.1) is 22.3 Å². The van der Waals surface area contributed by atoms with Crippen molar-refractivity contribution >= 4 is 21.8 Å². The van der Waals surface area contributed by atoms with E-state index in [9.17, 15) is 4.79 Å². The number of carbonyl (C=O) groups excluding carboxylic acids is 1. The third-order valence-electron chi connectivity index (χ3n) is 3.22. The summed E-state index contributed by atoms with van der Waals surface area (Å²) in [5, 5.41) is 15.8. The van der Waals surface area contributed by atoms with Crippen LogP contribution in [0.3, 0.4) is 0 Å². The molecule has 0 aliphatic rings. The van der Waals surface area contributed by atoms with Gasteiger partial charge in [0.2, 0.25) is 5.91 Å². The Bertz CT molecular complexity index is 682. The summed E-state index contributed by atoms with van der Waals surface area (Å²) >= 11 is 3.32. The van der Waals surface area contributed by atoms with E-state index in [1.807, 2.05) is 12.1 Å². The van der Waals surface area contributed by atoms with Gasteiger partial charge in [-0.25, -0.2) is 0 Å². The van der Waals surface area contributed by atoms with E-state index < -0.39 is 5.54 Å². The molecule has 0 saturated carbocycles. The average Bonchev–Trinajstić information content (AvgIpc) is 2.92. The van der Waals surface area contributed by atoms with Gasteiger partial charge in [0, 0.05) is 12.7 Å². The van der Waals surface area contributed by atoms with Crippen LogP contribution in [-0.4, -0.2) is 15.7 Å². The molecule has 1 N–H and O–H groups in total. The quantitative estimate of drug-likeness (QED) is 0.924. The van der Waals surface area contributed by atoms with E-state index in [1.54, 1.807) is 43.1 Å². The molecule has 0 atom stereocenters. The van der Waals surface area contributed by atoms with Crippen LogP contribution in [0.1, 0.15) is 25.0 Å². The molecule has 0 aliphatic carbocycles. The zero-order valence-corrected chi connectivity index (χ0v) is 13.4. The van der Waals surface area contributed by atoms with Gasteiger partial charge >= 0.3 is 0 Å². The van der Waals surface area contributed by atoms with Crippen molar-refractivity contribution in [3.8, 4) is 6.07 Å². The molecule has 0 bridgehead atoms. The fourth-order valence-electron chi connectivity index (χ4n) is 1.81. The molecule has 5 nitrogen and oxygen atoms in total. The number of hydrogen-bond donors (Lipinski definition) is 1. The van der Waals surface area contributed by atoms with Gasteiger partial charge in [-0.2, -0.15) is 10.4 Å². The van der Waals surface area contributed by atoms with E-state index in [-0.39, 0.29) is 5.91 Å². The largest absolute Gasteiger partial charge is 0.350 e. The topological polar surface area (TPSA) is 70.7 Å². The lowest BCUT2D eigenvalue weighted by atomic mass is 10.0. The van der Waals surface area contributed by atoms with Gasteiger partial charge in [-0.3, -0.25) is 9.48 Å². The van der Waals surface area contributed by atoms with E-state index in [0.29, 0.717) is 12.1 Å². The Morgan fingerprint density at radius 1 is 1.43 bits per heavy atom. The first-order valence-electron chi connectivity index (χ1n) is 6.41. The zero-order chi connectivity index (χ0) is 15.5. The molecule has 0 aliphatic heterocycles. The summed E-state index contributed by atoms with van der Waals surface area (Å²) in [7, 11) is 0. The minimum absolute atomic E-state index is 0.123. The molecule has 1 heterocycles. The lowest BCUT2D eigenvalue weighted by Crippen LogP contribution is -2.44. The first-order chi connectivity index (χ1) is 9.93. The Kier molecular flexibility index (Phi) is 4.43. The fraction of sp³-hybridized carbons (Fsp3) is 0.267. The molecule has 0 spiro atoms. The van der Waals surface area contributed by atoms with E-state index in [0.717, 1.165) is 10.0 Å². The van der Waals surface area contributed by atoms with Crippen molar-refractivity contribution in [1.29, 1.82) is 5.26 Å². The molecule has 21 heavy (non-hydrogen) atoms. The molecule has 0 fully saturated rings. The van der Waals surface area contributed by atoms with Crippen molar-refractivity contribution in [2.45, 2.75) is 25.9 Å².